The van der Waals surface area contributed by atoms with Crippen molar-refractivity contribution in [3.05, 3.63) is 47.5 Å². The molecule has 0 saturated heterocycles. The molecule has 1 unspecified atom stereocenters. The van der Waals surface area contributed by atoms with Crippen molar-refractivity contribution < 1.29 is 4.79 Å². The molecule has 106 valence electrons. The molecule has 4 rings (SSSR count). The maximum absolute atomic E-state index is 12.4. The van der Waals surface area contributed by atoms with Crippen molar-refractivity contribution in [3.63, 3.8) is 0 Å². The zero-order chi connectivity index (χ0) is 14.2. The lowest BCUT2D eigenvalue weighted by atomic mass is 10.1. The van der Waals surface area contributed by atoms with Crippen LogP contribution in [0.4, 0.5) is 0 Å². The Morgan fingerprint density at radius 1 is 1.38 bits per heavy atom. The van der Waals surface area contributed by atoms with E-state index in [2.05, 4.69) is 19.9 Å². The Kier molecular flexibility index (Phi) is 2.96. The summed E-state index contributed by atoms with van der Waals surface area (Å²) in [7, 11) is 0. The molecule has 0 saturated carbocycles. The fourth-order valence-electron chi connectivity index (χ4n) is 2.75. The molecule has 1 amide bonds. The molecule has 1 aliphatic rings. The van der Waals surface area contributed by atoms with E-state index in [9.17, 15) is 4.79 Å². The number of fused-ring (bicyclic) bond motifs is 2. The number of thiazole rings is 1. The minimum absolute atomic E-state index is 0.0149. The maximum Gasteiger partial charge on any atom is 0.251 e. The molecule has 6 heteroatoms. The summed E-state index contributed by atoms with van der Waals surface area (Å²) in [5.41, 5.74) is 3.44. The number of benzene rings is 1. The van der Waals surface area contributed by atoms with Crippen LogP contribution in [0, 0.1) is 0 Å². The number of rotatable bonds is 2. The highest BCUT2D eigenvalue weighted by Gasteiger charge is 2.20. The highest BCUT2D eigenvalue weighted by molar-refractivity contribution is 7.16. The number of carbonyl (C=O) groups is 1. The Hall–Kier alpha value is -2.21. The number of imidazole rings is 1. The number of carbonyl (C=O) groups excluding carboxylic acids is 1. The van der Waals surface area contributed by atoms with Gasteiger partial charge in [-0.05, 0) is 24.6 Å². The van der Waals surface area contributed by atoms with Crippen molar-refractivity contribution in [1.29, 1.82) is 0 Å². The highest BCUT2D eigenvalue weighted by Crippen LogP contribution is 2.19. The van der Waals surface area contributed by atoms with Crippen molar-refractivity contribution in [1.82, 2.24) is 19.9 Å². The molecule has 0 spiro atoms. The molecule has 3 heterocycles. The van der Waals surface area contributed by atoms with E-state index < -0.39 is 0 Å². The van der Waals surface area contributed by atoms with E-state index in [1.165, 1.54) is 0 Å². The van der Waals surface area contributed by atoms with Gasteiger partial charge in [0.15, 0.2) is 0 Å². The van der Waals surface area contributed by atoms with Crippen LogP contribution in [-0.2, 0) is 13.0 Å². The first-order valence-electron chi connectivity index (χ1n) is 6.94. The van der Waals surface area contributed by atoms with E-state index in [1.54, 1.807) is 16.8 Å². The van der Waals surface area contributed by atoms with Crippen molar-refractivity contribution in [2.45, 2.75) is 25.4 Å². The molecule has 0 bridgehead atoms. The first kappa shape index (κ1) is 12.5. The van der Waals surface area contributed by atoms with E-state index in [4.69, 9.17) is 0 Å². The van der Waals surface area contributed by atoms with Gasteiger partial charge in [0.25, 0.3) is 5.91 Å². The van der Waals surface area contributed by atoms with E-state index >= 15 is 0 Å². The minimum atomic E-state index is -0.0149. The Morgan fingerprint density at radius 3 is 3.29 bits per heavy atom. The minimum Gasteiger partial charge on any atom is -0.347 e. The number of aryl methyl sites for hydroxylation is 1. The Bertz CT molecular complexity index is 807. The van der Waals surface area contributed by atoms with Gasteiger partial charge in [0, 0.05) is 37.0 Å². The third kappa shape index (κ3) is 2.31. The number of aromatic nitrogens is 3. The van der Waals surface area contributed by atoms with Gasteiger partial charge in [-0.15, -0.1) is 11.3 Å². The fourth-order valence-corrected chi connectivity index (χ4v) is 3.47. The second kappa shape index (κ2) is 4.96. The van der Waals surface area contributed by atoms with Gasteiger partial charge in [-0.2, -0.15) is 0 Å². The average molecular weight is 298 g/mol. The van der Waals surface area contributed by atoms with Crippen LogP contribution in [0.5, 0.6) is 0 Å². The van der Waals surface area contributed by atoms with Gasteiger partial charge in [-0.1, -0.05) is 0 Å². The second-order valence-electron chi connectivity index (χ2n) is 5.24. The number of amides is 1. The van der Waals surface area contributed by atoms with E-state index in [1.807, 2.05) is 30.6 Å². The molecule has 3 aromatic rings. The van der Waals surface area contributed by atoms with Crippen LogP contribution in [0.3, 0.4) is 0 Å². The Balaban J connectivity index is 1.50. The number of nitrogens with one attached hydrogen (secondary N) is 1. The van der Waals surface area contributed by atoms with Crippen LogP contribution in [-0.4, -0.2) is 26.5 Å². The van der Waals surface area contributed by atoms with Gasteiger partial charge in [0.1, 0.15) is 5.82 Å². The zero-order valence-corrected chi connectivity index (χ0v) is 12.1. The average Bonchev–Trinajstić information content (AvgIpc) is 3.14. The largest absolute Gasteiger partial charge is 0.347 e. The second-order valence-corrected chi connectivity index (χ2v) is 6.13. The molecular formula is C15H14N4OS. The zero-order valence-electron chi connectivity index (χ0n) is 11.3. The first-order valence-corrected chi connectivity index (χ1v) is 7.82. The van der Waals surface area contributed by atoms with Crippen LogP contribution in [0.1, 0.15) is 22.6 Å². The third-order valence-corrected chi connectivity index (χ3v) is 4.66. The van der Waals surface area contributed by atoms with Gasteiger partial charge in [0.2, 0.25) is 0 Å². The smallest absolute Gasteiger partial charge is 0.251 e. The van der Waals surface area contributed by atoms with Crippen LogP contribution < -0.4 is 5.32 Å². The standard InChI is InChI=1S/C15H14N4OS/c20-15(10-1-3-12-13(7-10)21-9-17-12)18-11-2-4-14-16-5-6-19(14)8-11/h1,3,5-7,9,11H,2,4,8H2,(H,18,20). The molecule has 1 N–H and O–H groups in total. The molecule has 1 atom stereocenters. The quantitative estimate of drug-likeness (QED) is 0.789. The Labute approximate surface area is 125 Å². The van der Waals surface area contributed by atoms with Crippen LogP contribution >= 0.6 is 11.3 Å². The summed E-state index contributed by atoms with van der Waals surface area (Å²) in [6, 6.07) is 5.81. The third-order valence-electron chi connectivity index (χ3n) is 3.86. The summed E-state index contributed by atoms with van der Waals surface area (Å²) in [4.78, 5) is 20.9. The lowest BCUT2D eigenvalue weighted by molar-refractivity contribution is 0.0927. The summed E-state index contributed by atoms with van der Waals surface area (Å²) in [6.07, 6.45) is 5.63. The highest BCUT2D eigenvalue weighted by atomic mass is 32.1. The molecule has 0 fully saturated rings. The molecule has 2 aromatic heterocycles. The van der Waals surface area contributed by atoms with Crippen molar-refractivity contribution in [2.24, 2.45) is 0 Å². The van der Waals surface area contributed by atoms with Gasteiger partial charge < -0.3 is 9.88 Å². The predicted molar refractivity (Wildman–Crippen MR) is 81.4 cm³/mol. The van der Waals surface area contributed by atoms with E-state index in [0.29, 0.717) is 5.56 Å². The molecule has 0 aliphatic carbocycles. The summed E-state index contributed by atoms with van der Waals surface area (Å²) in [5.74, 6) is 1.09. The first-order chi connectivity index (χ1) is 10.3. The van der Waals surface area contributed by atoms with Crippen LogP contribution in [0.25, 0.3) is 10.2 Å². The molecule has 1 aliphatic heterocycles. The number of hydrogen-bond acceptors (Lipinski definition) is 4. The van der Waals surface area contributed by atoms with Crippen LogP contribution in [0.2, 0.25) is 0 Å². The lowest BCUT2D eigenvalue weighted by Gasteiger charge is -2.24. The topological polar surface area (TPSA) is 59.8 Å². The van der Waals surface area contributed by atoms with Crippen molar-refractivity contribution >= 4 is 27.5 Å². The normalized spacial score (nSPS) is 17.6. The van der Waals surface area contributed by atoms with Gasteiger partial charge in [0.05, 0.1) is 15.7 Å². The van der Waals surface area contributed by atoms with Gasteiger partial charge >= 0.3 is 0 Å². The fraction of sp³-hybridized carbons (Fsp3) is 0.267. The molecule has 5 nitrogen and oxygen atoms in total. The number of hydrogen-bond donors (Lipinski definition) is 1. The van der Waals surface area contributed by atoms with Gasteiger partial charge in [-0.25, -0.2) is 9.97 Å². The monoisotopic (exact) mass is 298 g/mol. The maximum atomic E-state index is 12.4. The summed E-state index contributed by atoms with van der Waals surface area (Å²) in [6.45, 7) is 0.796. The van der Waals surface area contributed by atoms with E-state index in [0.717, 1.165) is 35.4 Å². The molecular weight excluding hydrogens is 284 g/mol. The molecule has 21 heavy (non-hydrogen) atoms. The van der Waals surface area contributed by atoms with Crippen molar-refractivity contribution in [2.75, 3.05) is 0 Å². The summed E-state index contributed by atoms with van der Waals surface area (Å²) < 4.78 is 3.16. The van der Waals surface area contributed by atoms with Crippen molar-refractivity contribution in [3.8, 4) is 0 Å². The molecule has 0 radical (unpaired) electrons. The predicted octanol–water partition coefficient (Wildman–Crippen LogP) is 2.24. The molecule has 1 aromatic carbocycles. The van der Waals surface area contributed by atoms with E-state index in [-0.39, 0.29) is 11.9 Å². The summed E-state index contributed by atoms with van der Waals surface area (Å²) in [5, 5.41) is 3.12. The SMILES string of the molecule is O=C(NC1CCc2nccn2C1)c1ccc2ncsc2c1. The number of nitrogens with zero attached hydrogens (tertiary/aromatic N) is 3. The summed E-state index contributed by atoms with van der Waals surface area (Å²) >= 11 is 1.55. The lowest BCUT2D eigenvalue weighted by Crippen LogP contribution is -2.40. The van der Waals surface area contributed by atoms with Crippen LogP contribution in [0.15, 0.2) is 36.1 Å². The van der Waals surface area contributed by atoms with Gasteiger partial charge in [-0.3, -0.25) is 4.79 Å². The Morgan fingerprint density at radius 2 is 2.33 bits per heavy atom.